The third kappa shape index (κ3) is 8.11. The number of aromatic hydroxyl groups is 1. The van der Waals surface area contributed by atoms with Crippen LogP contribution in [-0.4, -0.2) is 46.6 Å². The first-order valence-electron chi connectivity index (χ1n) is 14.2. The Morgan fingerprint density at radius 2 is 1.74 bits per heavy atom. The summed E-state index contributed by atoms with van der Waals surface area (Å²) in [6.45, 7) is 1.62. The van der Waals surface area contributed by atoms with Crippen molar-refractivity contribution < 1.29 is 18.7 Å². The van der Waals surface area contributed by atoms with Gasteiger partial charge in [-0.25, -0.2) is 8.78 Å². The zero-order chi connectivity index (χ0) is 27.6. The number of benzene rings is 2. The van der Waals surface area contributed by atoms with Crippen LogP contribution >= 0.6 is 11.3 Å². The highest BCUT2D eigenvalue weighted by atomic mass is 32.1. The first kappa shape index (κ1) is 29.2. The van der Waals surface area contributed by atoms with Gasteiger partial charge in [0.05, 0.1) is 4.70 Å². The second kappa shape index (κ2) is 14.6. The van der Waals surface area contributed by atoms with E-state index in [0.29, 0.717) is 25.0 Å². The SMILES string of the molecule is O=C(CCNCCc1c(F)cccc1F)N(CCCCCc1ccc(O)c2[nH]c(=O)sc12)C1CCCCCC1. The minimum absolute atomic E-state index is 0.0788. The number of H-pyrrole nitrogens is 1. The van der Waals surface area contributed by atoms with E-state index in [1.165, 1.54) is 31.0 Å². The fourth-order valence-corrected chi connectivity index (χ4v) is 6.47. The van der Waals surface area contributed by atoms with E-state index in [9.17, 15) is 23.5 Å². The van der Waals surface area contributed by atoms with Gasteiger partial charge in [0, 0.05) is 31.1 Å². The van der Waals surface area contributed by atoms with E-state index < -0.39 is 11.6 Å². The maximum atomic E-state index is 13.8. The lowest BCUT2D eigenvalue weighted by Crippen LogP contribution is -2.42. The second-order valence-corrected chi connectivity index (χ2v) is 11.4. The van der Waals surface area contributed by atoms with Gasteiger partial charge in [0.25, 0.3) is 0 Å². The topological polar surface area (TPSA) is 85.4 Å². The average molecular weight is 560 g/mol. The minimum Gasteiger partial charge on any atom is -0.506 e. The Morgan fingerprint density at radius 3 is 2.49 bits per heavy atom. The van der Waals surface area contributed by atoms with E-state index in [-0.39, 0.29) is 34.6 Å². The molecule has 3 N–H and O–H groups in total. The van der Waals surface area contributed by atoms with Crippen LogP contribution < -0.4 is 10.2 Å². The third-order valence-corrected chi connectivity index (χ3v) is 8.66. The lowest BCUT2D eigenvalue weighted by Gasteiger charge is -2.31. The van der Waals surface area contributed by atoms with E-state index in [1.807, 2.05) is 6.07 Å². The highest BCUT2D eigenvalue weighted by Crippen LogP contribution is 2.29. The van der Waals surface area contributed by atoms with E-state index in [1.54, 1.807) is 6.07 Å². The van der Waals surface area contributed by atoms with Crippen LogP contribution in [0.3, 0.4) is 0 Å². The number of nitrogens with zero attached hydrogens (tertiary/aromatic N) is 1. The Hall–Kier alpha value is -2.78. The van der Waals surface area contributed by atoms with Gasteiger partial charge < -0.3 is 20.3 Å². The molecule has 1 fully saturated rings. The molecule has 1 heterocycles. The molecule has 1 amide bonds. The molecule has 0 spiro atoms. The zero-order valence-electron chi connectivity index (χ0n) is 22.4. The fraction of sp³-hybridized carbons (Fsp3) is 0.533. The number of rotatable bonds is 13. The molecule has 2 aromatic carbocycles. The van der Waals surface area contributed by atoms with Gasteiger partial charge in [-0.15, -0.1) is 0 Å². The van der Waals surface area contributed by atoms with Gasteiger partial charge in [-0.1, -0.05) is 55.6 Å². The summed E-state index contributed by atoms with van der Waals surface area (Å²) in [4.78, 5) is 29.7. The van der Waals surface area contributed by atoms with E-state index in [4.69, 9.17) is 0 Å². The van der Waals surface area contributed by atoms with Crippen LogP contribution in [0.2, 0.25) is 0 Å². The number of fused-ring (bicyclic) bond motifs is 1. The van der Waals surface area contributed by atoms with Crippen molar-refractivity contribution in [3.05, 3.63) is 62.8 Å². The fourth-order valence-electron chi connectivity index (χ4n) is 5.57. The molecule has 0 bridgehead atoms. The molecule has 212 valence electrons. The van der Waals surface area contributed by atoms with Crippen molar-refractivity contribution in [3.8, 4) is 5.75 Å². The number of aromatic amines is 1. The van der Waals surface area contributed by atoms with E-state index >= 15 is 0 Å². The quantitative estimate of drug-likeness (QED) is 0.176. The Labute approximate surface area is 232 Å². The Bertz CT molecular complexity index is 1260. The lowest BCUT2D eigenvalue weighted by atomic mass is 10.0. The molecule has 9 heteroatoms. The van der Waals surface area contributed by atoms with Crippen LogP contribution in [0.25, 0.3) is 10.2 Å². The Balaban J connectivity index is 1.25. The summed E-state index contributed by atoms with van der Waals surface area (Å²) in [6.07, 6.45) is 11.1. The smallest absolute Gasteiger partial charge is 0.305 e. The van der Waals surface area contributed by atoms with E-state index in [0.717, 1.165) is 79.5 Å². The molecule has 1 aliphatic carbocycles. The third-order valence-electron chi connectivity index (χ3n) is 7.70. The first-order valence-corrected chi connectivity index (χ1v) is 15.0. The first-order chi connectivity index (χ1) is 18.9. The number of carbonyl (C=O) groups excluding carboxylic acids is 1. The van der Waals surface area contributed by atoms with Crippen molar-refractivity contribution in [3.63, 3.8) is 0 Å². The number of carbonyl (C=O) groups is 1. The summed E-state index contributed by atoms with van der Waals surface area (Å²) in [6, 6.07) is 7.69. The standard InChI is InChI=1S/C30H39F2N3O3S/c31-24-12-8-13-25(32)23(24)16-18-33-19-17-27(37)35(22-10-5-1-2-6-11-22)20-7-3-4-9-21-14-15-26(36)28-29(21)39-30(38)34-28/h8,12-15,22,33,36H,1-7,9-11,16-20H2,(H,34,38). The minimum atomic E-state index is -0.536. The van der Waals surface area contributed by atoms with Gasteiger partial charge in [0.1, 0.15) is 22.9 Å². The van der Waals surface area contributed by atoms with Gasteiger partial charge >= 0.3 is 4.87 Å². The molecule has 1 aromatic heterocycles. The van der Waals surface area contributed by atoms with Crippen molar-refractivity contribution in [2.45, 2.75) is 83.1 Å². The summed E-state index contributed by atoms with van der Waals surface area (Å²) < 4.78 is 28.5. The van der Waals surface area contributed by atoms with Crippen molar-refractivity contribution in [2.24, 2.45) is 0 Å². The van der Waals surface area contributed by atoms with Gasteiger partial charge in [0.15, 0.2) is 0 Å². The Kier molecular flexibility index (Phi) is 10.9. The molecule has 0 aliphatic heterocycles. The number of nitrogens with one attached hydrogen (secondary N) is 2. The van der Waals surface area contributed by atoms with Crippen LogP contribution in [0.15, 0.2) is 35.1 Å². The summed E-state index contributed by atoms with van der Waals surface area (Å²) in [5.74, 6) is -0.834. The molecular weight excluding hydrogens is 520 g/mol. The molecule has 0 saturated heterocycles. The largest absolute Gasteiger partial charge is 0.506 e. The summed E-state index contributed by atoms with van der Waals surface area (Å²) in [5.41, 5.74) is 1.65. The van der Waals surface area contributed by atoms with Gasteiger partial charge in [-0.2, -0.15) is 0 Å². The molecule has 0 atom stereocenters. The molecule has 0 radical (unpaired) electrons. The molecular formula is C30H39F2N3O3S. The number of amides is 1. The number of hydrogen-bond donors (Lipinski definition) is 3. The molecule has 1 aliphatic rings. The molecule has 4 rings (SSSR count). The van der Waals surface area contributed by atoms with Crippen molar-refractivity contribution in [2.75, 3.05) is 19.6 Å². The van der Waals surface area contributed by atoms with Crippen LogP contribution in [0, 0.1) is 11.6 Å². The predicted molar refractivity (Wildman–Crippen MR) is 152 cm³/mol. The lowest BCUT2D eigenvalue weighted by molar-refractivity contribution is -0.133. The van der Waals surface area contributed by atoms with E-state index in [2.05, 4.69) is 15.2 Å². The zero-order valence-corrected chi connectivity index (χ0v) is 23.3. The molecule has 39 heavy (non-hydrogen) atoms. The molecule has 1 saturated carbocycles. The number of aryl methyl sites for hydroxylation is 1. The monoisotopic (exact) mass is 559 g/mol. The highest BCUT2D eigenvalue weighted by Gasteiger charge is 2.24. The number of phenolic OH excluding ortho intramolecular Hbond substituents is 1. The number of hydrogen-bond acceptors (Lipinski definition) is 5. The summed E-state index contributed by atoms with van der Waals surface area (Å²) in [5, 5.41) is 13.2. The van der Waals surface area contributed by atoms with Crippen molar-refractivity contribution >= 4 is 27.5 Å². The molecule has 6 nitrogen and oxygen atoms in total. The number of aromatic nitrogens is 1. The van der Waals surface area contributed by atoms with Crippen LogP contribution in [0.4, 0.5) is 8.78 Å². The number of thiazole rings is 1. The number of unbranched alkanes of at least 4 members (excludes halogenated alkanes) is 2. The number of phenols is 1. The Morgan fingerprint density at radius 1 is 1.00 bits per heavy atom. The van der Waals surface area contributed by atoms with Gasteiger partial charge in [0.2, 0.25) is 5.91 Å². The van der Waals surface area contributed by atoms with Gasteiger partial charge in [-0.05, 0) is 68.8 Å². The maximum absolute atomic E-state index is 13.8. The summed E-state index contributed by atoms with van der Waals surface area (Å²) >= 11 is 1.13. The molecule has 0 unspecified atom stereocenters. The highest BCUT2D eigenvalue weighted by molar-refractivity contribution is 7.16. The van der Waals surface area contributed by atoms with Crippen LogP contribution in [0.5, 0.6) is 5.75 Å². The van der Waals surface area contributed by atoms with Gasteiger partial charge in [-0.3, -0.25) is 9.59 Å². The predicted octanol–water partition coefficient (Wildman–Crippen LogP) is 6.06. The van der Waals surface area contributed by atoms with Crippen LogP contribution in [0.1, 0.15) is 75.3 Å². The van der Waals surface area contributed by atoms with Crippen molar-refractivity contribution in [1.29, 1.82) is 0 Å². The summed E-state index contributed by atoms with van der Waals surface area (Å²) in [7, 11) is 0. The average Bonchev–Trinajstić information content (AvgIpc) is 3.13. The number of halogens is 2. The van der Waals surface area contributed by atoms with Crippen LogP contribution in [-0.2, 0) is 17.6 Å². The molecule has 3 aromatic rings. The second-order valence-electron chi connectivity index (χ2n) is 10.5. The maximum Gasteiger partial charge on any atom is 0.305 e. The normalized spacial score (nSPS) is 14.5. The van der Waals surface area contributed by atoms with Crippen molar-refractivity contribution in [1.82, 2.24) is 15.2 Å².